The van der Waals surface area contributed by atoms with Crippen LogP contribution in [0.1, 0.15) is 36.8 Å². The molecule has 4 N–H and O–H groups in total. The van der Waals surface area contributed by atoms with E-state index < -0.39 is 23.4 Å². The van der Waals surface area contributed by atoms with Crippen LogP contribution in [0.4, 0.5) is 5.69 Å². The monoisotopic (exact) mass is 607 g/mol. The molecule has 228 valence electrons. The standard InChI is InChI=1S/C31H37N5O6S/c1-41-27-18-22-11-12-24(17-23(22)19-28(27)42-2)36(43(39)40)25-6-5-15-35(31(25)38)26(30(37)34-13-3-4-14-34)16-20-7-9-21(10-8-20)29(32)33/h7-12,17-19,25-26H,3-6,13-16H2,1-2H3,(H3,32,33)(H,39,40). The van der Waals surface area contributed by atoms with Gasteiger partial charge in [0, 0.05) is 31.6 Å². The highest BCUT2D eigenvalue weighted by molar-refractivity contribution is 7.80. The molecule has 2 heterocycles. The van der Waals surface area contributed by atoms with Gasteiger partial charge in [0.1, 0.15) is 17.9 Å². The van der Waals surface area contributed by atoms with E-state index in [0.29, 0.717) is 55.2 Å². The normalized spacial score (nSPS) is 18.4. The zero-order valence-electron chi connectivity index (χ0n) is 24.3. The molecule has 12 heteroatoms. The van der Waals surface area contributed by atoms with Crippen molar-refractivity contribution in [1.29, 1.82) is 5.41 Å². The number of likely N-dealkylation sites (tertiary alicyclic amines) is 2. The second-order valence-corrected chi connectivity index (χ2v) is 11.7. The second-order valence-electron chi connectivity index (χ2n) is 10.8. The van der Waals surface area contributed by atoms with Crippen molar-refractivity contribution in [2.45, 2.75) is 44.2 Å². The van der Waals surface area contributed by atoms with Crippen LogP contribution in [0.25, 0.3) is 10.8 Å². The van der Waals surface area contributed by atoms with Crippen LogP contribution in [0.15, 0.2) is 54.6 Å². The summed E-state index contributed by atoms with van der Waals surface area (Å²) < 4.78 is 35.4. The number of anilines is 1. The maximum Gasteiger partial charge on any atom is 0.262 e. The topological polar surface area (TPSA) is 149 Å². The number of nitrogens with zero attached hydrogens (tertiary/aromatic N) is 3. The Morgan fingerprint density at radius 1 is 1.02 bits per heavy atom. The first-order chi connectivity index (χ1) is 20.7. The summed E-state index contributed by atoms with van der Waals surface area (Å²) in [6, 6.07) is 14.3. The van der Waals surface area contributed by atoms with E-state index in [1.54, 1.807) is 47.2 Å². The minimum atomic E-state index is -2.51. The lowest BCUT2D eigenvalue weighted by molar-refractivity contribution is -0.147. The molecule has 0 spiro atoms. The summed E-state index contributed by atoms with van der Waals surface area (Å²) in [5.74, 6) is 0.551. The average molecular weight is 608 g/mol. The number of fused-ring (bicyclic) bond motifs is 1. The third kappa shape index (κ3) is 6.30. The molecule has 3 aromatic carbocycles. The summed E-state index contributed by atoms with van der Waals surface area (Å²) >= 11 is -2.51. The quantitative estimate of drug-likeness (QED) is 0.182. The second kappa shape index (κ2) is 13.0. The van der Waals surface area contributed by atoms with E-state index in [9.17, 15) is 18.4 Å². The van der Waals surface area contributed by atoms with Gasteiger partial charge in [-0.05, 0) is 66.3 Å². The Labute approximate surface area is 253 Å². The highest BCUT2D eigenvalue weighted by atomic mass is 32.2. The van der Waals surface area contributed by atoms with Crippen molar-refractivity contribution in [3.05, 3.63) is 65.7 Å². The number of amidine groups is 1. The number of hydrogen-bond donors (Lipinski definition) is 3. The molecule has 2 aliphatic rings. The van der Waals surface area contributed by atoms with Crippen LogP contribution < -0.4 is 19.5 Å². The number of methoxy groups -OCH3 is 2. The van der Waals surface area contributed by atoms with Crippen LogP contribution in [0, 0.1) is 5.41 Å². The lowest BCUT2D eigenvalue weighted by Crippen LogP contribution is -2.59. The van der Waals surface area contributed by atoms with Crippen molar-refractivity contribution in [3.63, 3.8) is 0 Å². The number of benzene rings is 3. The SMILES string of the molecule is COc1cc2ccc(N(C3CCCN(C(Cc4ccc(C(=N)N)cc4)C(=O)N4CCCC4)C3=O)S(=O)O)cc2cc1OC. The molecule has 2 saturated heterocycles. The van der Waals surface area contributed by atoms with E-state index in [4.69, 9.17) is 20.6 Å². The number of nitrogens with one attached hydrogen (secondary N) is 1. The lowest BCUT2D eigenvalue weighted by atomic mass is 9.96. The van der Waals surface area contributed by atoms with Gasteiger partial charge in [-0.2, -0.15) is 0 Å². The molecular formula is C31H37N5O6S. The van der Waals surface area contributed by atoms with Crippen LogP contribution in [-0.4, -0.2) is 82.1 Å². The summed E-state index contributed by atoms with van der Waals surface area (Å²) in [5, 5.41) is 9.26. The van der Waals surface area contributed by atoms with E-state index in [2.05, 4.69) is 0 Å². The van der Waals surface area contributed by atoms with Crippen molar-refractivity contribution in [2.24, 2.45) is 5.73 Å². The summed E-state index contributed by atoms with van der Waals surface area (Å²) in [7, 11) is 3.09. The molecule has 0 bridgehead atoms. The number of ether oxygens (including phenoxy) is 2. The van der Waals surface area contributed by atoms with E-state index in [0.717, 1.165) is 29.2 Å². The lowest BCUT2D eigenvalue weighted by Gasteiger charge is -2.41. The Balaban J connectivity index is 1.47. The van der Waals surface area contributed by atoms with Crippen molar-refractivity contribution >= 4 is 45.4 Å². The molecule has 11 nitrogen and oxygen atoms in total. The fourth-order valence-corrected chi connectivity index (χ4v) is 6.72. The van der Waals surface area contributed by atoms with Gasteiger partial charge in [0.15, 0.2) is 11.5 Å². The molecule has 0 radical (unpaired) electrons. The van der Waals surface area contributed by atoms with Crippen LogP contribution in [0.2, 0.25) is 0 Å². The van der Waals surface area contributed by atoms with Crippen molar-refractivity contribution in [2.75, 3.05) is 38.2 Å². The molecule has 43 heavy (non-hydrogen) atoms. The fraction of sp³-hybridized carbons (Fsp3) is 0.387. The van der Waals surface area contributed by atoms with Gasteiger partial charge in [0.2, 0.25) is 11.8 Å². The molecule has 3 unspecified atom stereocenters. The van der Waals surface area contributed by atoms with Crippen LogP contribution in [0.5, 0.6) is 11.5 Å². The number of amides is 2. The molecule has 0 saturated carbocycles. The number of piperidine rings is 1. The highest BCUT2D eigenvalue weighted by Crippen LogP contribution is 2.35. The Morgan fingerprint density at radius 2 is 1.67 bits per heavy atom. The summed E-state index contributed by atoms with van der Waals surface area (Å²) in [6.07, 6.45) is 3.04. The summed E-state index contributed by atoms with van der Waals surface area (Å²) in [4.78, 5) is 31.4. The van der Waals surface area contributed by atoms with Crippen LogP contribution in [-0.2, 0) is 27.3 Å². The number of nitrogen functional groups attached to an aromatic ring is 1. The van der Waals surface area contributed by atoms with Gasteiger partial charge >= 0.3 is 0 Å². The molecule has 3 aromatic rings. The Hall–Kier alpha value is -4.16. The Morgan fingerprint density at radius 3 is 2.28 bits per heavy atom. The summed E-state index contributed by atoms with van der Waals surface area (Å²) in [6.45, 7) is 1.65. The van der Waals surface area contributed by atoms with Gasteiger partial charge in [0.05, 0.1) is 19.9 Å². The molecule has 2 fully saturated rings. The van der Waals surface area contributed by atoms with E-state index in [1.807, 2.05) is 24.3 Å². The van der Waals surface area contributed by atoms with E-state index in [-0.39, 0.29) is 24.1 Å². The maximum absolute atomic E-state index is 14.2. The molecule has 0 aliphatic carbocycles. The van der Waals surface area contributed by atoms with Gasteiger partial charge in [-0.25, -0.2) is 4.21 Å². The molecule has 3 atom stereocenters. The zero-order chi connectivity index (χ0) is 30.7. The third-order valence-corrected chi connectivity index (χ3v) is 9.05. The number of carbonyl (C=O) groups is 2. The maximum atomic E-state index is 14.2. The molecule has 2 amide bonds. The fourth-order valence-electron chi connectivity index (χ4n) is 6.01. The number of hydrogen-bond acceptors (Lipinski definition) is 6. The van der Waals surface area contributed by atoms with E-state index >= 15 is 0 Å². The van der Waals surface area contributed by atoms with Crippen LogP contribution in [0.3, 0.4) is 0 Å². The predicted molar refractivity (Wildman–Crippen MR) is 166 cm³/mol. The van der Waals surface area contributed by atoms with Crippen molar-refractivity contribution in [3.8, 4) is 11.5 Å². The first-order valence-corrected chi connectivity index (χ1v) is 15.4. The molecule has 0 aromatic heterocycles. The van der Waals surface area contributed by atoms with Crippen molar-refractivity contribution < 1.29 is 27.8 Å². The average Bonchev–Trinajstić information content (AvgIpc) is 3.55. The van der Waals surface area contributed by atoms with E-state index in [1.165, 1.54) is 11.4 Å². The zero-order valence-corrected chi connectivity index (χ0v) is 25.1. The van der Waals surface area contributed by atoms with Gasteiger partial charge in [-0.3, -0.25) is 23.9 Å². The third-order valence-electron chi connectivity index (χ3n) is 8.25. The summed E-state index contributed by atoms with van der Waals surface area (Å²) in [5.41, 5.74) is 7.43. The smallest absolute Gasteiger partial charge is 0.262 e. The first-order valence-electron chi connectivity index (χ1n) is 14.3. The van der Waals surface area contributed by atoms with Crippen LogP contribution >= 0.6 is 0 Å². The number of carbonyl (C=O) groups excluding carboxylic acids is 2. The molecule has 2 aliphatic heterocycles. The van der Waals surface area contributed by atoms with Gasteiger partial charge < -0.3 is 25.0 Å². The highest BCUT2D eigenvalue weighted by Gasteiger charge is 2.42. The number of nitrogens with two attached hydrogens (primary N) is 1. The Kier molecular flexibility index (Phi) is 9.16. The van der Waals surface area contributed by atoms with Gasteiger partial charge in [-0.1, -0.05) is 30.3 Å². The minimum absolute atomic E-state index is 0.0475. The Bertz CT molecular complexity index is 1540. The predicted octanol–water partition coefficient (Wildman–Crippen LogP) is 3.31. The number of rotatable bonds is 10. The van der Waals surface area contributed by atoms with Gasteiger partial charge in [0.25, 0.3) is 11.3 Å². The largest absolute Gasteiger partial charge is 0.493 e. The first kappa shape index (κ1) is 30.3. The van der Waals surface area contributed by atoms with Crippen molar-refractivity contribution in [1.82, 2.24) is 9.80 Å². The van der Waals surface area contributed by atoms with Gasteiger partial charge in [-0.15, -0.1) is 0 Å². The minimum Gasteiger partial charge on any atom is -0.493 e. The molecular weight excluding hydrogens is 570 g/mol. The molecule has 5 rings (SSSR count).